The van der Waals surface area contributed by atoms with E-state index in [0.29, 0.717) is 30.6 Å². The number of carboxylic acid groups (broad SMARTS) is 1. The maximum Gasteiger partial charge on any atom is 0.321 e. The van der Waals surface area contributed by atoms with E-state index in [4.69, 9.17) is 10.4 Å². The van der Waals surface area contributed by atoms with Crippen LogP contribution in [0.3, 0.4) is 0 Å². The second-order valence-corrected chi connectivity index (χ2v) is 5.77. The van der Waals surface area contributed by atoms with E-state index in [1.54, 1.807) is 18.2 Å². The molecule has 2 rings (SSSR count). The third kappa shape index (κ3) is 3.73. The lowest BCUT2D eigenvalue weighted by Gasteiger charge is -2.30. The zero-order valence-corrected chi connectivity index (χ0v) is 12.8. The quantitative estimate of drug-likeness (QED) is 0.856. The Morgan fingerprint density at radius 3 is 2.90 bits per heavy atom. The van der Waals surface area contributed by atoms with Crippen molar-refractivity contribution in [2.75, 3.05) is 18.4 Å². The van der Waals surface area contributed by atoms with Crippen LogP contribution in [0.4, 0.5) is 10.5 Å². The van der Waals surface area contributed by atoms with Crippen LogP contribution in [-0.4, -0.2) is 35.1 Å². The van der Waals surface area contributed by atoms with E-state index >= 15 is 0 Å². The predicted octanol–water partition coefficient (Wildman–Crippen LogP) is 2.65. The summed E-state index contributed by atoms with van der Waals surface area (Å²) in [6, 6.07) is 6.62. The summed E-state index contributed by atoms with van der Waals surface area (Å²) in [4.78, 5) is 24.7. The van der Waals surface area contributed by atoms with Gasteiger partial charge in [-0.1, -0.05) is 15.9 Å². The van der Waals surface area contributed by atoms with E-state index < -0.39 is 11.9 Å². The van der Waals surface area contributed by atoms with Gasteiger partial charge in [-0.05, 0) is 31.0 Å². The maximum absolute atomic E-state index is 12.2. The highest BCUT2D eigenvalue weighted by molar-refractivity contribution is 9.10. The van der Waals surface area contributed by atoms with Crippen molar-refractivity contribution in [1.29, 1.82) is 5.26 Å². The van der Waals surface area contributed by atoms with E-state index in [0.717, 1.165) is 4.47 Å². The normalized spacial score (nSPS) is 17.9. The molecule has 21 heavy (non-hydrogen) atoms. The average Bonchev–Trinajstić information content (AvgIpc) is 2.49. The van der Waals surface area contributed by atoms with Crippen molar-refractivity contribution in [3.63, 3.8) is 0 Å². The lowest BCUT2D eigenvalue weighted by Crippen LogP contribution is -2.44. The molecule has 110 valence electrons. The summed E-state index contributed by atoms with van der Waals surface area (Å²) in [7, 11) is 0. The molecular formula is C14H14BrN3O3. The summed E-state index contributed by atoms with van der Waals surface area (Å²) in [6.45, 7) is 0.716. The molecule has 7 heteroatoms. The molecule has 0 aliphatic carbocycles. The van der Waals surface area contributed by atoms with E-state index in [-0.39, 0.29) is 12.6 Å². The molecule has 1 aromatic carbocycles. The molecule has 0 radical (unpaired) electrons. The largest absolute Gasteiger partial charge is 0.481 e. The number of anilines is 1. The van der Waals surface area contributed by atoms with Crippen LogP contribution < -0.4 is 5.32 Å². The molecule has 1 saturated heterocycles. The van der Waals surface area contributed by atoms with Crippen LogP contribution in [0, 0.1) is 17.2 Å². The number of piperidine rings is 1. The van der Waals surface area contributed by atoms with E-state index in [1.165, 1.54) is 4.90 Å². The lowest BCUT2D eigenvalue weighted by atomic mass is 9.99. The van der Waals surface area contributed by atoms with Gasteiger partial charge in [0.25, 0.3) is 0 Å². The minimum Gasteiger partial charge on any atom is -0.481 e. The summed E-state index contributed by atoms with van der Waals surface area (Å²) in [5.74, 6) is -1.40. The van der Waals surface area contributed by atoms with Crippen LogP contribution >= 0.6 is 15.9 Å². The average molecular weight is 352 g/mol. The number of aliphatic carboxylic acids is 1. The molecule has 0 spiro atoms. The first-order valence-corrected chi connectivity index (χ1v) is 7.29. The third-order valence-electron chi connectivity index (χ3n) is 3.40. The number of amides is 2. The van der Waals surface area contributed by atoms with E-state index in [1.807, 2.05) is 6.07 Å². The molecule has 1 fully saturated rings. The molecule has 1 aliphatic heterocycles. The molecule has 2 amide bonds. The number of rotatable bonds is 2. The summed E-state index contributed by atoms with van der Waals surface area (Å²) < 4.78 is 0.751. The van der Waals surface area contributed by atoms with Gasteiger partial charge in [0, 0.05) is 17.6 Å². The third-order valence-corrected chi connectivity index (χ3v) is 3.89. The second kappa shape index (κ2) is 6.59. The Hall–Kier alpha value is -2.07. The molecule has 6 nitrogen and oxygen atoms in total. The number of nitrogens with one attached hydrogen (secondary N) is 1. The number of carbonyl (C=O) groups excluding carboxylic acids is 1. The number of hydrogen-bond donors (Lipinski definition) is 2. The Morgan fingerprint density at radius 2 is 2.24 bits per heavy atom. The fourth-order valence-electron chi connectivity index (χ4n) is 2.28. The Morgan fingerprint density at radius 1 is 1.48 bits per heavy atom. The van der Waals surface area contributed by atoms with Gasteiger partial charge in [0.1, 0.15) is 6.07 Å². The van der Waals surface area contributed by atoms with Crippen molar-refractivity contribution in [2.24, 2.45) is 5.92 Å². The Balaban J connectivity index is 2.08. The van der Waals surface area contributed by atoms with Crippen LogP contribution in [0.5, 0.6) is 0 Å². The number of nitriles is 1. The number of urea groups is 1. The molecule has 1 atom stereocenters. The van der Waals surface area contributed by atoms with Crippen LogP contribution in [-0.2, 0) is 4.79 Å². The predicted molar refractivity (Wildman–Crippen MR) is 79.8 cm³/mol. The van der Waals surface area contributed by atoms with Gasteiger partial charge >= 0.3 is 12.0 Å². The lowest BCUT2D eigenvalue weighted by molar-refractivity contribution is -0.143. The van der Waals surface area contributed by atoms with Gasteiger partial charge in [0.05, 0.1) is 17.2 Å². The van der Waals surface area contributed by atoms with E-state index in [2.05, 4.69) is 21.2 Å². The maximum atomic E-state index is 12.2. The monoisotopic (exact) mass is 351 g/mol. The molecule has 0 aromatic heterocycles. The number of carboxylic acids is 1. The molecule has 1 aromatic rings. The van der Waals surface area contributed by atoms with Crippen molar-refractivity contribution in [1.82, 2.24) is 4.90 Å². The van der Waals surface area contributed by atoms with Gasteiger partial charge in [0.15, 0.2) is 0 Å². The highest BCUT2D eigenvalue weighted by atomic mass is 79.9. The highest BCUT2D eigenvalue weighted by Crippen LogP contribution is 2.22. The molecule has 1 aliphatic rings. The first-order valence-electron chi connectivity index (χ1n) is 6.49. The molecule has 0 unspecified atom stereocenters. The van der Waals surface area contributed by atoms with Gasteiger partial charge < -0.3 is 15.3 Å². The van der Waals surface area contributed by atoms with Crippen molar-refractivity contribution >= 4 is 33.6 Å². The summed E-state index contributed by atoms with van der Waals surface area (Å²) in [5, 5.41) is 20.8. The van der Waals surface area contributed by atoms with Gasteiger partial charge in [-0.2, -0.15) is 5.26 Å². The van der Waals surface area contributed by atoms with E-state index in [9.17, 15) is 9.59 Å². The number of benzene rings is 1. The number of hydrogen-bond acceptors (Lipinski definition) is 3. The first-order chi connectivity index (χ1) is 10.0. The first kappa shape index (κ1) is 15.3. The zero-order valence-electron chi connectivity index (χ0n) is 11.2. The Bertz CT molecular complexity index is 612. The van der Waals surface area contributed by atoms with Gasteiger partial charge in [0.2, 0.25) is 0 Å². The standard InChI is InChI=1S/C14H14BrN3O3/c15-11-3-4-12(10(6-11)7-16)17-14(21)18-5-1-2-9(8-18)13(19)20/h3-4,6,9H,1-2,5,8H2,(H,17,21)(H,19,20)/t9-/m1/s1. The van der Waals surface area contributed by atoms with Gasteiger partial charge in [-0.3, -0.25) is 4.79 Å². The SMILES string of the molecule is N#Cc1cc(Br)ccc1NC(=O)N1CCC[C@@H](C(=O)O)C1. The fraction of sp³-hybridized carbons (Fsp3) is 0.357. The fourth-order valence-corrected chi connectivity index (χ4v) is 2.64. The zero-order chi connectivity index (χ0) is 15.4. The molecular weight excluding hydrogens is 338 g/mol. The van der Waals surface area contributed by atoms with Gasteiger partial charge in [-0.25, -0.2) is 4.79 Å². The number of nitrogens with zero attached hydrogens (tertiary/aromatic N) is 2. The molecule has 2 N–H and O–H groups in total. The van der Waals surface area contributed by atoms with Crippen molar-refractivity contribution < 1.29 is 14.7 Å². The van der Waals surface area contributed by atoms with Crippen molar-refractivity contribution in [3.05, 3.63) is 28.2 Å². The number of halogens is 1. The van der Waals surface area contributed by atoms with Crippen molar-refractivity contribution in [2.45, 2.75) is 12.8 Å². The van der Waals surface area contributed by atoms with Crippen molar-refractivity contribution in [3.8, 4) is 6.07 Å². The summed E-state index contributed by atoms with van der Waals surface area (Å²) >= 11 is 3.26. The number of likely N-dealkylation sites (tertiary alicyclic amines) is 1. The number of carbonyl (C=O) groups is 2. The summed E-state index contributed by atoms with van der Waals surface area (Å²) in [6.07, 6.45) is 1.25. The van der Waals surface area contributed by atoms with Crippen LogP contribution in [0.1, 0.15) is 18.4 Å². The van der Waals surface area contributed by atoms with Crippen LogP contribution in [0.2, 0.25) is 0 Å². The van der Waals surface area contributed by atoms with Gasteiger partial charge in [-0.15, -0.1) is 0 Å². The molecule has 0 saturated carbocycles. The smallest absolute Gasteiger partial charge is 0.321 e. The molecule has 0 bridgehead atoms. The minimum atomic E-state index is -0.881. The van der Waals surface area contributed by atoms with Crippen LogP contribution in [0.25, 0.3) is 0 Å². The Kier molecular flexibility index (Phi) is 4.81. The molecule has 1 heterocycles. The van der Waals surface area contributed by atoms with Crippen LogP contribution in [0.15, 0.2) is 22.7 Å². The highest BCUT2D eigenvalue weighted by Gasteiger charge is 2.28. The second-order valence-electron chi connectivity index (χ2n) is 4.86. The Labute approximate surface area is 130 Å². The topological polar surface area (TPSA) is 93.4 Å². The minimum absolute atomic E-state index is 0.194. The summed E-state index contributed by atoms with van der Waals surface area (Å²) in [5.41, 5.74) is 0.771.